The van der Waals surface area contributed by atoms with Crippen molar-refractivity contribution in [1.82, 2.24) is 5.32 Å². The average molecular weight is 525 g/mol. The normalized spacial score (nSPS) is 13.5. The van der Waals surface area contributed by atoms with Crippen LogP contribution in [0.1, 0.15) is 28.4 Å². The van der Waals surface area contributed by atoms with E-state index in [4.69, 9.17) is 40.6 Å². The Bertz CT molecular complexity index is 1090. The lowest BCUT2D eigenvalue weighted by Gasteiger charge is -2.30. The summed E-state index contributed by atoms with van der Waals surface area (Å²) >= 11 is 9.72. The third-order valence-electron chi connectivity index (χ3n) is 4.37. The molecule has 0 aromatic heterocycles. The smallest absolute Gasteiger partial charge is 0.490 e. The molecule has 184 valence electrons. The first-order valence-electron chi connectivity index (χ1n) is 9.14. The van der Waals surface area contributed by atoms with E-state index >= 15 is 0 Å². The van der Waals surface area contributed by atoms with Crippen LogP contribution in [0.15, 0.2) is 42.5 Å². The lowest BCUT2D eigenvalue weighted by Crippen LogP contribution is -2.58. The van der Waals surface area contributed by atoms with Gasteiger partial charge < -0.3 is 26.3 Å². The minimum atomic E-state index is -4.91. The highest BCUT2D eigenvalue weighted by molar-refractivity contribution is 7.80. The highest BCUT2D eigenvalue weighted by Crippen LogP contribution is 2.37. The summed E-state index contributed by atoms with van der Waals surface area (Å²) in [6, 6.07) is 6.73. The number of hydrogen-bond acceptors (Lipinski definition) is 5. The van der Waals surface area contributed by atoms with Crippen molar-refractivity contribution in [3.05, 3.63) is 59.2 Å². The van der Waals surface area contributed by atoms with Crippen molar-refractivity contribution in [3.8, 4) is 11.5 Å². The van der Waals surface area contributed by atoms with E-state index in [1.54, 1.807) is 0 Å². The van der Waals surface area contributed by atoms with Gasteiger partial charge in [0.15, 0.2) is 0 Å². The summed E-state index contributed by atoms with van der Waals surface area (Å²) in [7, 11) is 0. The molecule has 0 saturated carbocycles. The molecule has 0 aliphatic heterocycles. The second kappa shape index (κ2) is 10.0. The van der Waals surface area contributed by atoms with Gasteiger partial charge in [-0.05, 0) is 43.3 Å². The predicted molar refractivity (Wildman–Crippen MR) is 119 cm³/mol. The van der Waals surface area contributed by atoms with Crippen LogP contribution in [0.3, 0.4) is 0 Å². The molecule has 0 radical (unpaired) electrons. The first kappa shape index (κ1) is 27.1. The number of ether oxygens (including phenoxy) is 2. The Kier molecular flexibility index (Phi) is 7.98. The summed E-state index contributed by atoms with van der Waals surface area (Å²) < 4.78 is 86.0. The molecular formula is C20H17F6N3O3S2. The van der Waals surface area contributed by atoms with Crippen molar-refractivity contribution in [1.29, 1.82) is 0 Å². The van der Waals surface area contributed by atoms with E-state index in [0.717, 1.165) is 42.5 Å². The minimum absolute atomic E-state index is 0.0940. The van der Waals surface area contributed by atoms with Gasteiger partial charge in [-0.1, -0.05) is 30.5 Å². The maximum atomic E-state index is 13.4. The van der Waals surface area contributed by atoms with Crippen LogP contribution in [0.4, 0.5) is 26.3 Å². The number of alkyl halides is 6. The maximum absolute atomic E-state index is 13.4. The van der Waals surface area contributed by atoms with Crippen LogP contribution in [0, 0.1) is 0 Å². The van der Waals surface area contributed by atoms with Crippen molar-refractivity contribution < 1.29 is 40.6 Å². The quantitative estimate of drug-likeness (QED) is 0.353. The molecule has 6 nitrogen and oxygen atoms in total. The fraction of sp³-hybridized carbons (Fsp3) is 0.250. The summed E-state index contributed by atoms with van der Waals surface area (Å²) in [5.41, 5.74) is 8.41. The molecule has 1 amide bonds. The van der Waals surface area contributed by atoms with Gasteiger partial charge in [-0.25, -0.2) is 0 Å². The number of nitrogens with two attached hydrogens (primary N) is 2. The number of benzene rings is 2. The zero-order valence-electron chi connectivity index (χ0n) is 17.2. The van der Waals surface area contributed by atoms with E-state index < -0.39 is 47.7 Å². The predicted octanol–water partition coefficient (Wildman–Crippen LogP) is 4.09. The lowest BCUT2D eigenvalue weighted by atomic mass is 10.0. The van der Waals surface area contributed by atoms with Gasteiger partial charge >= 0.3 is 12.5 Å². The Morgan fingerprint density at radius 1 is 0.971 bits per heavy atom. The lowest BCUT2D eigenvalue weighted by molar-refractivity contribution is -0.274. The molecule has 0 bridgehead atoms. The summed E-state index contributed by atoms with van der Waals surface area (Å²) in [5.74, 6) is -2.00. The molecule has 0 saturated heterocycles. The Balaban J connectivity index is 2.24. The SMILES string of the molecule is CC(COc1cc(C(N)=S)ccc1C(F)(F)F)(NC(=O)c1ccc(OC(F)(F)F)cc1)C(N)=S. The summed E-state index contributed by atoms with van der Waals surface area (Å²) in [5, 5.41) is 2.42. The van der Waals surface area contributed by atoms with Gasteiger partial charge in [-0.3, -0.25) is 4.79 Å². The molecule has 0 spiro atoms. The number of carbonyl (C=O) groups is 1. The first-order chi connectivity index (χ1) is 15.5. The van der Waals surface area contributed by atoms with Gasteiger partial charge in [0.05, 0.1) is 5.56 Å². The molecule has 34 heavy (non-hydrogen) atoms. The summed E-state index contributed by atoms with van der Waals surface area (Å²) in [4.78, 5) is 12.1. The van der Waals surface area contributed by atoms with Gasteiger partial charge in [-0.2, -0.15) is 13.2 Å². The maximum Gasteiger partial charge on any atom is 0.573 e. The molecule has 0 fully saturated rings. The van der Waals surface area contributed by atoms with E-state index in [1.165, 1.54) is 6.92 Å². The van der Waals surface area contributed by atoms with Gasteiger partial charge in [0.2, 0.25) is 0 Å². The molecule has 0 aliphatic carbocycles. The molecule has 5 N–H and O–H groups in total. The first-order valence-corrected chi connectivity index (χ1v) is 9.95. The Morgan fingerprint density at radius 2 is 1.53 bits per heavy atom. The second-order valence-electron chi connectivity index (χ2n) is 7.08. The zero-order chi connectivity index (χ0) is 25.9. The largest absolute Gasteiger partial charge is 0.573 e. The van der Waals surface area contributed by atoms with E-state index in [2.05, 4.69) is 10.1 Å². The number of thiocarbonyl (C=S) groups is 2. The standard InChI is InChI=1S/C20H17F6N3O3S2/c1-18(17(28)34,29-16(30)10-2-5-12(6-3-10)32-20(24,25)26)9-31-14-8-11(15(27)33)4-7-13(14)19(21,22)23/h2-8H,9H2,1H3,(H2,27,33)(H2,28,34)(H,29,30). The third-order valence-corrected chi connectivity index (χ3v) is 5.06. The molecule has 2 aromatic carbocycles. The van der Waals surface area contributed by atoms with Crippen LogP contribution in [0.5, 0.6) is 11.5 Å². The average Bonchev–Trinajstić information content (AvgIpc) is 2.70. The van der Waals surface area contributed by atoms with Crippen LogP contribution in [-0.4, -0.2) is 34.4 Å². The number of halogens is 6. The van der Waals surface area contributed by atoms with E-state index in [1.807, 2.05) is 0 Å². The summed E-state index contributed by atoms with van der Waals surface area (Å²) in [6.07, 6.45) is -9.68. The van der Waals surface area contributed by atoms with Gasteiger partial charge in [0.1, 0.15) is 33.6 Å². The fourth-order valence-electron chi connectivity index (χ4n) is 2.55. The van der Waals surface area contributed by atoms with E-state index in [0.29, 0.717) is 0 Å². The van der Waals surface area contributed by atoms with Crippen LogP contribution in [0.2, 0.25) is 0 Å². The number of amides is 1. The van der Waals surface area contributed by atoms with Gasteiger partial charge in [-0.15, -0.1) is 13.2 Å². The topological polar surface area (TPSA) is 99.6 Å². The molecule has 2 aromatic rings. The zero-order valence-corrected chi connectivity index (χ0v) is 18.8. The molecule has 0 aliphatic rings. The van der Waals surface area contributed by atoms with Crippen LogP contribution in [-0.2, 0) is 6.18 Å². The molecule has 1 unspecified atom stereocenters. The second-order valence-corrected chi connectivity index (χ2v) is 7.96. The highest BCUT2D eigenvalue weighted by Gasteiger charge is 2.37. The van der Waals surface area contributed by atoms with E-state index in [-0.39, 0.29) is 21.1 Å². The highest BCUT2D eigenvalue weighted by atomic mass is 32.1. The monoisotopic (exact) mass is 525 g/mol. The number of carbonyl (C=O) groups excluding carboxylic acids is 1. The van der Waals surface area contributed by atoms with Gasteiger partial charge in [0, 0.05) is 11.1 Å². The fourth-order valence-corrected chi connectivity index (χ4v) is 2.79. The minimum Gasteiger partial charge on any atom is -0.490 e. The van der Waals surface area contributed by atoms with E-state index in [9.17, 15) is 31.1 Å². The van der Waals surface area contributed by atoms with Crippen molar-refractivity contribution in [3.63, 3.8) is 0 Å². The molecule has 14 heteroatoms. The van der Waals surface area contributed by atoms with Crippen LogP contribution in [0.25, 0.3) is 0 Å². The van der Waals surface area contributed by atoms with Crippen LogP contribution < -0.4 is 26.3 Å². The van der Waals surface area contributed by atoms with Crippen molar-refractivity contribution in [2.45, 2.75) is 25.0 Å². The number of rotatable bonds is 8. The van der Waals surface area contributed by atoms with Crippen molar-refractivity contribution in [2.75, 3.05) is 6.61 Å². The van der Waals surface area contributed by atoms with Gasteiger partial charge in [0.25, 0.3) is 5.91 Å². The Hall–Kier alpha value is -3.13. The van der Waals surface area contributed by atoms with Crippen LogP contribution >= 0.6 is 24.4 Å². The number of nitrogens with one attached hydrogen (secondary N) is 1. The summed E-state index contributed by atoms with van der Waals surface area (Å²) in [6.45, 7) is 0.687. The molecular weight excluding hydrogens is 508 g/mol. The Morgan fingerprint density at radius 3 is 2.00 bits per heavy atom. The molecule has 2 rings (SSSR count). The van der Waals surface area contributed by atoms with Crippen molar-refractivity contribution >= 4 is 40.3 Å². The molecule has 0 heterocycles. The Labute approximate surface area is 200 Å². The van der Waals surface area contributed by atoms with Crippen molar-refractivity contribution in [2.24, 2.45) is 11.5 Å². The molecule has 1 atom stereocenters. The third kappa shape index (κ3) is 7.18. The number of hydrogen-bond donors (Lipinski definition) is 3.